The number of esters is 2. The van der Waals surface area contributed by atoms with E-state index in [1.807, 2.05) is 117 Å². The fraction of sp³-hybridized carbons (Fsp3) is 0.265. The summed E-state index contributed by atoms with van der Waals surface area (Å²) in [5.41, 5.74) is 2.17. The first kappa shape index (κ1) is 37.4. The van der Waals surface area contributed by atoms with E-state index in [-0.39, 0.29) is 30.6 Å². The topological polar surface area (TPSA) is 71.1 Å². The van der Waals surface area contributed by atoms with Crippen molar-refractivity contribution in [3.8, 4) is 11.5 Å². The minimum Gasteiger partial charge on any atom is -0.488 e. The Morgan fingerprint density at radius 3 is 1.40 bits per heavy atom. The average Bonchev–Trinajstić information content (AvgIpc) is 3.22. The minimum atomic E-state index is -0.479. The summed E-state index contributed by atoms with van der Waals surface area (Å²) in [6, 6.07) is 41.5. The normalized spacial score (nSPS) is 12.8. The van der Waals surface area contributed by atoms with Crippen LogP contribution in [-0.2, 0) is 14.9 Å². The first-order chi connectivity index (χ1) is 26.7. The molecule has 6 heteroatoms. The maximum Gasteiger partial charge on any atom is 0.339 e. The number of fused-ring (bicyclic) bond motifs is 4. The summed E-state index contributed by atoms with van der Waals surface area (Å²) in [6.07, 6.45) is 1.16. The van der Waals surface area contributed by atoms with Gasteiger partial charge in [0, 0.05) is 21.5 Å². The zero-order valence-corrected chi connectivity index (χ0v) is 32.3. The first-order valence-corrected chi connectivity index (χ1v) is 19.3. The molecule has 0 bridgehead atoms. The molecule has 0 aliphatic carbocycles. The van der Waals surface area contributed by atoms with Gasteiger partial charge in [-0.15, -0.1) is 0 Å². The van der Waals surface area contributed by atoms with Crippen LogP contribution in [0.25, 0.3) is 43.1 Å². The Bertz CT molecular complexity index is 2490. The molecule has 280 valence electrons. The molecule has 0 fully saturated rings. The quantitative estimate of drug-likeness (QED) is 0.0819. The lowest BCUT2D eigenvalue weighted by molar-refractivity contribution is 0.0161. The summed E-state index contributed by atoms with van der Waals surface area (Å²) in [5, 5.41) is 7.25. The van der Waals surface area contributed by atoms with Crippen LogP contribution in [0, 0.1) is 0 Å². The van der Waals surface area contributed by atoms with Gasteiger partial charge >= 0.3 is 11.9 Å². The van der Waals surface area contributed by atoms with E-state index in [0.29, 0.717) is 35.5 Å². The highest BCUT2D eigenvalue weighted by atomic mass is 16.6. The third kappa shape index (κ3) is 7.72. The number of hydrogen-bond acceptors (Lipinski definition) is 6. The van der Waals surface area contributed by atoms with Crippen LogP contribution in [0.15, 0.2) is 127 Å². The number of carbonyl (C=O) groups excluding carboxylic acids is 2. The van der Waals surface area contributed by atoms with Crippen molar-refractivity contribution in [1.29, 1.82) is 0 Å². The molecular formula is C49H48O6. The molecule has 0 aromatic heterocycles. The number of hydrogen-bond donors (Lipinski definition) is 0. The molecule has 0 aliphatic heterocycles. The third-order valence-corrected chi connectivity index (χ3v) is 10.9. The molecule has 7 aromatic rings. The number of benzene rings is 7. The van der Waals surface area contributed by atoms with Crippen LogP contribution >= 0.6 is 0 Å². The summed E-state index contributed by atoms with van der Waals surface area (Å²) in [4.78, 5) is 27.0. The van der Waals surface area contributed by atoms with E-state index in [4.69, 9.17) is 18.9 Å². The highest BCUT2D eigenvalue weighted by molar-refractivity contribution is 6.11. The van der Waals surface area contributed by atoms with Gasteiger partial charge in [0.15, 0.2) is 0 Å². The molecule has 0 heterocycles. The van der Waals surface area contributed by atoms with Crippen molar-refractivity contribution in [2.45, 2.75) is 71.5 Å². The van der Waals surface area contributed by atoms with Crippen molar-refractivity contribution >= 4 is 55.0 Å². The van der Waals surface area contributed by atoms with E-state index in [1.165, 1.54) is 5.56 Å². The highest BCUT2D eigenvalue weighted by Gasteiger charge is 2.25. The molecule has 2 atom stereocenters. The van der Waals surface area contributed by atoms with Gasteiger partial charge in [0.2, 0.25) is 0 Å². The van der Waals surface area contributed by atoms with E-state index < -0.39 is 12.2 Å². The Morgan fingerprint density at radius 2 is 0.927 bits per heavy atom. The zero-order chi connectivity index (χ0) is 38.5. The molecular weight excluding hydrogens is 685 g/mol. The van der Waals surface area contributed by atoms with Crippen molar-refractivity contribution in [2.24, 2.45) is 0 Å². The number of ether oxygens (including phenoxy) is 4. The smallest absolute Gasteiger partial charge is 0.339 e. The van der Waals surface area contributed by atoms with Crippen LogP contribution in [0.1, 0.15) is 80.2 Å². The zero-order valence-electron chi connectivity index (χ0n) is 32.3. The molecule has 0 saturated carbocycles. The van der Waals surface area contributed by atoms with Gasteiger partial charge in [0.1, 0.15) is 36.9 Å². The Morgan fingerprint density at radius 1 is 0.509 bits per heavy atom. The highest BCUT2D eigenvalue weighted by Crippen LogP contribution is 2.45. The van der Waals surface area contributed by atoms with E-state index in [9.17, 15) is 9.59 Å². The predicted molar refractivity (Wildman–Crippen MR) is 223 cm³/mol. The second kappa shape index (κ2) is 16.2. The van der Waals surface area contributed by atoms with E-state index in [0.717, 1.165) is 49.5 Å². The van der Waals surface area contributed by atoms with Crippen LogP contribution in [0.3, 0.4) is 0 Å². The van der Waals surface area contributed by atoms with Crippen LogP contribution in [0.4, 0.5) is 0 Å². The Labute approximate surface area is 323 Å². The van der Waals surface area contributed by atoms with Gasteiger partial charge in [0.25, 0.3) is 0 Å². The first-order valence-electron chi connectivity index (χ1n) is 19.3. The summed E-state index contributed by atoms with van der Waals surface area (Å²) >= 11 is 0. The maximum atomic E-state index is 13.5. The maximum absolute atomic E-state index is 13.5. The van der Waals surface area contributed by atoms with E-state index in [2.05, 4.69) is 39.0 Å². The summed E-state index contributed by atoms with van der Waals surface area (Å²) in [6.45, 7) is 11.0. The molecule has 2 unspecified atom stereocenters. The molecule has 0 saturated heterocycles. The van der Waals surface area contributed by atoms with Gasteiger partial charge in [-0.25, -0.2) is 9.59 Å². The second-order valence-electron chi connectivity index (χ2n) is 14.7. The van der Waals surface area contributed by atoms with Gasteiger partial charge in [-0.3, -0.25) is 0 Å². The van der Waals surface area contributed by atoms with Crippen LogP contribution < -0.4 is 9.47 Å². The number of carbonyl (C=O) groups is 2. The monoisotopic (exact) mass is 732 g/mol. The molecule has 0 aliphatic rings. The van der Waals surface area contributed by atoms with E-state index in [1.54, 1.807) is 6.07 Å². The fourth-order valence-corrected chi connectivity index (χ4v) is 7.09. The molecule has 6 nitrogen and oxygen atoms in total. The number of rotatable bonds is 14. The van der Waals surface area contributed by atoms with Gasteiger partial charge in [0.05, 0.1) is 11.1 Å². The molecule has 0 spiro atoms. The summed E-state index contributed by atoms with van der Waals surface area (Å²) < 4.78 is 25.6. The largest absolute Gasteiger partial charge is 0.488 e. The van der Waals surface area contributed by atoms with Gasteiger partial charge < -0.3 is 18.9 Å². The molecule has 0 radical (unpaired) electrons. The minimum absolute atomic E-state index is 0.0822. The molecule has 0 N–H and O–H groups in total. The average molecular weight is 733 g/mol. The van der Waals surface area contributed by atoms with Crippen molar-refractivity contribution in [1.82, 2.24) is 0 Å². The lowest BCUT2D eigenvalue weighted by atomic mass is 9.81. The standard InChI is InChI=1S/C49H48O6/c1-6-35(54-47(50)42-25-15-19-32-17-9-11-21-37(32)42)30-52-45-39-23-13-14-24-40(39)46(44-29-34(27-28-41(44)45)49(4,5)8-3)53-31-36(7-2)55-48(51)43-26-16-20-33-18-10-12-22-38(33)43/h9-29,35-36H,6-8,30-31H2,1-5H3. The molecule has 7 rings (SSSR count). The van der Waals surface area contributed by atoms with Crippen LogP contribution in [0.2, 0.25) is 0 Å². The summed E-state index contributed by atoms with van der Waals surface area (Å²) in [7, 11) is 0. The second-order valence-corrected chi connectivity index (χ2v) is 14.7. The third-order valence-electron chi connectivity index (χ3n) is 10.9. The molecule has 55 heavy (non-hydrogen) atoms. The molecule has 0 amide bonds. The lowest BCUT2D eigenvalue weighted by Crippen LogP contribution is -2.25. The van der Waals surface area contributed by atoms with Crippen LogP contribution in [-0.4, -0.2) is 37.4 Å². The van der Waals surface area contributed by atoms with Crippen molar-refractivity contribution in [3.05, 3.63) is 144 Å². The van der Waals surface area contributed by atoms with Gasteiger partial charge in [-0.2, -0.15) is 0 Å². The Balaban J connectivity index is 1.20. The summed E-state index contributed by atoms with van der Waals surface area (Å²) in [5.74, 6) is 0.668. The SMILES string of the molecule is CCC(COc1c2ccccc2c(OCC(CC)OC(=O)c2cccc3ccccc23)c2cc(C(C)(C)CC)ccc12)OC(=O)c1cccc2ccccc12. The Kier molecular flexibility index (Phi) is 11.1. The van der Waals surface area contributed by atoms with Gasteiger partial charge in [-0.05, 0) is 70.0 Å². The lowest BCUT2D eigenvalue weighted by Gasteiger charge is -2.26. The van der Waals surface area contributed by atoms with Crippen molar-refractivity contribution in [3.63, 3.8) is 0 Å². The van der Waals surface area contributed by atoms with Gasteiger partial charge in [-0.1, -0.05) is 144 Å². The Hall–Kier alpha value is -5.88. The molecule has 7 aromatic carbocycles. The van der Waals surface area contributed by atoms with E-state index >= 15 is 0 Å². The predicted octanol–water partition coefficient (Wildman–Crippen LogP) is 12.0. The van der Waals surface area contributed by atoms with Crippen molar-refractivity contribution in [2.75, 3.05) is 13.2 Å². The fourth-order valence-electron chi connectivity index (χ4n) is 7.09. The van der Waals surface area contributed by atoms with Crippen LogP contribution in [0.5, 0.6) is 11.5 Å². The van der Waals surface area contributed by atoms with Crippen molar-refractivity contribution < 1.29 is 28.5 Å².